The zero-order chi connectivity index (χ0) is 11.5. The van der Waals surface area contributed by atoms with Gasteiger partial charge >= 0.3 is 0 Å². The first-order chi connectivity index (χ1) is 7.72. The van der Waals surface area contributed by atoms with Gasteiger partial charge in [0, 0.05) is 10.4 Å². The molecule has 82 valence electrons. The Bertz CT molecular complexity index is 432. The van der Waals surface area contributed by atoms with Gasteiger partial charge in [0.05, 0.1) is 6.54 Å². The van der Waals surface area contributed by atoms with Crippen LogP contribution in [0.2, 0.25) is 0 Å². The number of hydrogen-bond acceptors (Lipinski definition) is 1. The summed E-state index contributed by atoms with van der Waals surface area (Å²) in [7, 11) is 0. The standard InChI is InChI=1S/C13H12BrNO/c1-2-7-15-13(16)12-8-11(12)9-3-5-10(14)6-4-9/h1,3-6,11-12H,7-8H2,(H,15,16)/t11-,12-/m1/s1. The molecule has 1 fully saturated rings. The summed E-state index contributed by atoms with van der Waals surface area (Å²) >= 11 is 3.39. The van der Waals surface area contributed by atoms with E-state index in [-0.39, 0.29) is 11.8 Å². The predicted molar refractivity (Wildman–Crippen MR) is 66.8 cm³/mol. The number of carbonyl (C=O) groups is 1. The van der Waals surface area contributed by atoms with E-state index >= 15 is 0 Å². The summed E-state index contributed by atoms with van der Waals surface area (Å²) in [5.41, 5.74) is 1.23. The van der Waals surface area contributed by atoms with Gasteiger partial charge in [-0.3, -0.25) is 4.79 Å². The first kappa shape index (κ1) is 11.2. The molecule has 0 unspecified atom stereocenters. The summed E-state index contributed by atoms with van der Waals surface area (Å²) in [5.74, 6) is 2.95. The van der Waals surface area contributed by atoms with Crippen molar-refractivity contribution in [2.75, 3.05) is 6.54 Å². The van der Waals surface area contributed by atoms with Crippen LogP contribution in [0.3, 0.4) is 0 Å². The van der Waals surface area contributed by atoms with E-state index < -0.39 is 0 Å². The Balaban J connectivity index is 1.94. The molecule has 0 aromatic heterocycles. The maximum absolute atomic E-state index is 11.6. The molecule has 3 heteroatoms. The highest BCUT2D eigenvalue weighted by Crippen LogP contribution is 2.47. The van der Waals surface area contributed by atoms with E-state index in [1.54, 1.807) is 0 Å². The SMILES string of the molecule is C#CCNC(=O)[C@@H]1C[C@@H]1c1ccc(Br)cc1. The van der Waals surface area contributed by atoms with E-state index in [4.69, 9.17) is 6.42 Å². The van der Waals surface area contributed by atoms with Crippen LogP contribution in [0.5, 0.6) is 0 Å². The number of hydrogen-bond donors (Lipinski definition) is 1. The zero-order valence-electron chi connectivity index (χ0n) is 8.74. The molecule has 1 aromatic rings. The summed E-state index contributed by atoms with van der Waals surface area (Å²) in [6, 6.07) is 8.13. The maximum atomic E-state index is 11.6. The first-order valence-corrected chi connectivity index (χ1v) is 5.98. The number of carbonyl (C=O) groups excluding carboxylic acids is 1. The minimum absolute atomic E-state index is 0.0749. The zero-order valence-corrected chi connectivity index (χ0v) is 10.3. The summed E-state index contributed by atoms with van der Waals surface area (Å²) < 4.78 is 1.06. The first-order valence-electron chi connectivity index (χ1n) is 5.19. The van der Waals surface area contributed by atoms with Crippen LogP contribution in [0.4, 0.5) is 0 Å². The summed E-state index contributed by atoms with van der Waals surface area (Å²) in [5, 5.41) is 2.72. The van der Waals surface area contributed by atoms with Gasteiger partial charge < -0.3 is 5.32 Å². The Labute approximate surface area is 104 Å². The lowest BCUT2D eigenvalue weighted by atomic mass is 10.1. The van der Waals surface area contributed by atoms with E-state index in [9.17, 15) is 4.79 Å². The molecule has 1 N–H and O–H groups in total. The third-order valence-corrected chi connectivity index (χ3v) is 3.32. The molecule has 1 saturated carbocycles. The largest absolute Gasteiger partial charge is 0.345 e. The molecule has 16 heavy (non-hydrogen) atoms. The normalized spacial score (nSPS) is 22.2. The Morgan fingerprint density at radius 1 is 1.50 bits per heavy atom. The molecule has 0 bridgehead atoms. The fourth-order valence-corrected chi connectivity index (χ4v) is 2.10. The van der Waals surface area contributed by atoms with Crippen LogP contribution in [0.25, 0.3) is 0 Å². The van der Waals surface area contributed by atoms with E-state index in [1.807, 2.05) is 12.1 Å². The lowest BCUT2D eigenvalue weighted by Crippen LogP contribution is -2.25. The Morgan fingerprint density at radius 3 is 2.81 bits per heavy atom. The number of benzene rings is 1. The monoisotopic (exact) mass is 277 g/mol. The summed E-state index contributed by atoms with van der Waals surface area (Å²) in [6.45, 7) is 0.322. The molecule has 0 aliphatic heterocycles. The number of halogens is 1. The smallest absolute Gasteiger partial charge is 0.224 e. The molecular formula is C13H12BrNO. The van der Waals surface area contributed by atoms with Gasteiger partial charge in [-0.25, -0.2) is 0 Å². The van der Waals surface area contributed by atoms with Crippen molar-refractivity contribution in [3.63, 3.8) is 0 Å². The number of nitrogens with one attached hydrogen (secondary N) is 1. The molecule has 2 atom stereocenters. The van der Waals surface area contributed by atoms with Crippen molar-refractivity contribution in [3.05, 3.63) is 34.3 Å². The Hall–Kier alpha value is -1.27. The van der Waals surface area contributed by atoms with Crippen LogP contribution in [0, 0.1) is 18.3 Å². The van der Waals surface area contributed by atoms with Gasteiger partial charge in [-0.2, -0.15) is 0 Å². The van der Waals surface area contributed by atoms with Gasteiger partial charge in [0.25, 0.3) is 0 Å². The highest BCUT2D eigenvalue weighted by atomic mass is 79.9. The van der Waals surface area contributed by atoms with Crippen LogP contribution < -0.4 is 5.32 Å². The topological polar surface area (TPSA) is 29.1 Å². The lowest BCUT2D eigenvalue weighted by Gasteiger charge is -2.01. The van der Waals surface area contributed by atoms with Gasteiger partial charge in [-0.05, 0) is 30.0 Å². The molecule has 0 saturated heterocycles. The van der Waals surface area contributed by atoms with Crippen molar-refractivity contribution >= 4 is 21.8 Å². The molecule has 0 spiro atoms. The average molecular weight is 278 g/mol. The molecule has 1 amide bonds. The van der Waals surface area contributed by atoms with E-state index in [1.165, 1.54) is 5.56 Å². The van der Waals surface area contributed by atoms with Crippen molar-refractivity contribution in [1.29, 1.82) is 0 Å². The van der Waals surface area contributed by atoms with Crippen molar-refractivity contribution in [2.24, 2.45) is 5.92 Å². The van der Waals surface area contributed by atoms with E-state index in [0.29, 0.717) is 12.5 Å². The Kier molecular flexibility index (Phi) is 3.31. The molecule has 2 nitrogen and oxygen atoms in total. The van der Waals surface area contributed by atoms with Gasteiger partial charge in [-0.15, -0.1) is 6.42 Å². The minimum Gasteiger partial charge on any atom is -0.345 e. The maximum Gasteiger partial charge on any atom is 0.224 e. The molecule has 0 heterocycles. The third-order valence-electron chi connectivity index (χ3n) is 2.79. The molecule has 1 aromatic carbocycles. The predicted octanol–water partition coefficient (Wildman–Crippen LogP) is 2.30. The van der Waals surface area contributed by atoms with Crippen LogP contribution in [-0.2, 0) is 4.79 Å². The third kappa shape index (κ3) is 2.45. The fourth-order valence-electron chi connectivity index (χ4n) is 1.83. The van der Waals surface area contributed by atoms with Crippen LogP contribution >= 0.6 is 15.9 Å². The lowest BCUT2D eigenvalue weighted by molar-refractivity contribution is -0.122. The highest BCUT2D eigenvalue weighted by Gasteiger charge is 2.43. The molecular weight excluding hydrogens is 266 g/mol. The summed E-state index contributed by atoms with van der Waals surface area (Å²) in [6.07, 6.45) is 6.02. The van der Waals surface area contributed by atoms with Crippen molar-refractivity contribution in [1.82, 2.24) is 5.32 Å². The molecule has 0 radical (unpaired) electrons. The second-order valence-electron chi connectivity index (χ2n) is 3.92. The van der Waals surface area contributed by atoms with Gasteiger partial charge in [0.1, 0.15) is 0 Å². The average Bonchev–Trinajstić information content (AvgIpc) is 3.07. The van der Waals surface area contributed by atoms with Crippen LogP contribution in [-0.4, -0.2) is 12.5 Å². The summed E-state index contributed by atoms with van der Waals surface area (Å²) in [4.78, 5) is 11.6. The van der Waals surface area contributed by atoms with Crippen LogP contribution in [0.1, 0.15) is 17.9 Å². The highest BCUT2D eigenvalue weighted by molar-refractivity contribution is 9.10. The van der Waals surface area contributed by atoms with Crippen molar-refractivity contribution in [3.8, 4) is 12.3 Å². The van der Waals surface area contributed by atoms with Crippen molar-refractivity contribution in [2.45, 2.75) is 12.3 Å². The van der Waals surface area contributed by atoms with Gasteiger partial charge in [0.15, 0.2) is 0 Å². The quantitative estimate of drug-likeness (QED) is 0.845. The van der Waals surface area contributed by atoms with E-state index in [0.717, 1.165) is 10.9 Å². The number of terminal acetylenes is 1. The number of amides is 1. The fraction of sp³-hybridized carbons (Fsp3) is 0.308. The minimum atomic E-state index is 0.0749. The van der Waals surface area contributed by atoms with Gasteiger partial charge in [0.2, 0.25) is 5.91 Å². The van der Waals surface area contributed by atoms with Crippen LogP contribution in [0.15, 0.2) is 28.7 Å². The second kappa shape index (κ2) is 4.71. The van der Waals surface area contributed by atoms with Crippen molar-refractivity contribution < 1.29 is 4.79 Å². The second-order valence-corrected chi connectivity index (χ2v) is 4.84. The van der Waals surface area contributed by atoms with Gasteiger partial charge in [-0.1, -0.05) is 34.0 Å². The molecule has 1 aliphatic carbocycles. The molecule has 1 aliphatic rings. The van der Waals surface area contributed by atoms with E-state index in [2.05, 4.69) is 39.3 Å². The number of rotatable bonds is 3. The molecule has 2 rings (SSSR count). The Morgan fingerprint density at radius 2 is 2.19 bits per heavy atom.